The molecule has 160 valence electrons. The van der Waals surface area contributed by atoms with Gasteiger partial charge in [-0.1, -0.05) is 6.92 Å². The van der Waals surface area contributed by atoms with Gasteiger partial charge in [0.2, 0.25) is 0 Å². The van der Waals surface area contributed by atoms with E-state index in [4.69, 9.17) is 9.47 Å². The van der Waals surface area contributed by atoms with E-state index in [1.165, 1.54) is 23.1 Å². The van der Waals surface area contributed by atoms with Crippen LogP contribution in [0, 0.1) is 5.92 Å². The van der Waals surface area contributed by atoms with Gasteiger partial charge in [-0.05, 0) is 49.8 Å². The molecule has 3 aliphatic heterocycles. The Morgan fingerprint density at radius 3 is 2.67 bits per heavy atom. The number of rotatable bonds is 5. The van der Waals surface area contributed by atoms with Crippen molar-refractivity contribution in [3.8, 4) is 0 Å². The first-order valence-corrected chi connectivity index (χ1v) is 10.5. The van der Waals surface area contributed by atoms with Crippen LogP contribution in [-0.4, -0.2) is 72.4 Å². The van der Waals surface area contributed by atoms with Crippen molar-refractivity contribution >= 4 is 23.7 Å². The van der Waals surface area contributed by atoms with E-state index in [0.29, 0.717) is 25.6 Å². The molecule has 0 N–H and O–H groups in total. The van der Waals surface area contributed by atoms with Crippen molar-refractivity contribution in [1.82, 2.24) is 9.80 Å². The molecule has 4 rings (SSSR count). The molecule has 3 amide bonds. The number of ether oxygens (including phenoxy) is 2. The molecule has 0 saturated carbocycles. The standard InChI is InChI=1S/C22H26N2O6/c1-14-4-2-8-23(11-14)19(25)13-30-22(28)15-6-7-17-18(10-15)21(27)24(20(17)26)12-16-5-3-9-29-16/h6-7,10,14,16H,2-5,8-9,11-13H2,1H3. The number of hydrogen-bond acceptors (Lipinski definition) is 6. The molecule has 3 heterocycles. The molecule has 0 bridgehead atoms. The van der Waals surface area contributed by atoms with Crippen LogP contribution >= 0.6 is 0 Å². The van der Waals surface area contributed by atoms with E-state index in [9.17, 15) is 19.2 Å². The monoisotopic (exact) mass is 414 g/mol. The Hall–Kier alpha value is -2.74. The molecule has 0 radical (unpaired) electrons. The number of nitrogens with zero attached hydrogens (tertiary/aromatic N) is 2. The number of imide groups is 1. The number of fused-ring (bicyclic) bond motifs is 1. The maximum absolute atomic E-state index is 12.7. The molecule has 2 saturated heterocycles. The van der Waals surface area contributed by atoms with Crippen LogP contribution in [0.25, 0.3) is 0 Å². The van der Waals surface area contributed by atoms with Crippen molar-refractivity contribution in [3.63, 3.8) is 0 Å². The van der Waals surface area contributed by atoms with Gasteiger partial charge in [-0.15, -0.1) is 0 Å². The van der Waals surface area contributed by atoms with Crippen LogP contribution in [0.1, 0.15) is 63.7 Å². The Bertz CT molecular complexity index is 876. The quantitative estimate of drug-likeness (QED) is 0.540. The number of likely N-dealkylation sites (tertiary alicyclic amines) is 1. The van der Waals surface area contributed by atoms with Crippen molar-refractivity contribution in [2.75, 3.05) is 32.8 Å². The first-order chi connectivity index (χ1) is 14.4. The van der Waals surface area contributed by atoms with Gasteiger partial charge in [-0.2, -0.15) is 0 Å². The van der Waals surface area contributed by atoms with E-state index in [2.05, 4.69) is 6.92 Å². The minimum absolute atomic E-state index is 0.139. The van der Waals surface area contributed by atoms with Crippen LogP contribution in [0.3, 0.4) is 0 Å². The maximum atomic E-state index is 12.7. The summed E-state index contributed by atoms with van der Waals surface area (Å²) in [6.45, 7) is 3.97. The van der Waals surface area contributed by atoms with Crippen molar-refractivity contribution in [1.29, 1.82) is 0 Å². The van der Waals surface area contributed by atoms with Crippen molar-refractivity contribution in [2.24, 2.45) is 5.92 Å². The minimum atomic E-state index is -0.686. The average molecular weight is 414 g/mol. The summed E-state index contributed by atoms with van der Waals surface area (Å²) in [4.78, 5) is 52.9. The number of carbonyl (C=O) groups is 4. The van der Waals surface area contributed by atoms with E-state index in [1.54, 1.807) is 4.90 Å². The van der Waals surface area contributed by atoms with Gasteiger partial charge in [0.1, 0.15) is 0 Å². The second-order valence-corrected chi connectivity index (χ2v) is 8.28. The lowest BCUT2D eigenvalue weighted by atomic mass is 10.0. The minimum Gasteiger partial charge on any atom is -0.452 e. The molecule has 2 atom stereocenters. The molecular formula is C22H26N2O6. The molecule has 3 aliphatic rings. The fraction of sp³-hybridized carbons (Fsp3) is 0.545. The molecule has 0 aliphatic carbocycles. The van der Waals surface area contributed by atoms with E-state index in [-0.39, 0.29) is 47.8 Å². The summed E-state index contributed by atoms with van der Waals surface area (Å²) in [7, 11) is 0. The molecule has 0 aromatic heterocycles. The maximum Gasteiger partial charge on any atom is 0.338 e. The Kier molecular flexibility index (Phi) is 5.85. The van der Waals surface area contributed by atoms with Crippen LogP contribution in [0.5, 0.6) is 0 Å². The second-order valence-electron chi connectivity index (χ2n) is 8.28. The largest absolute Gasteiger partial charge is 0.452 e. The molecule has 1 aromatic carbocycles. The fourth-order valence-electron chi connectivity index (χ4n) is 4.29. The van der Waals surface area contributed by atoms with Gasteiger partial charge in [0.25, 0.3) is 17.7 Å². The third-order valence-electron chi connectivity index (χ3n) is 5.95. The molecule has 2 fully saturated rings. The van der Waals surface area contributed by atoms with Crippen LogP contribution in [-0.2, 0) is 14.3 Å². The fourth-order valence-corrected chi connectivity index (χ4v) is 4.29. The highest BCUT2D eigenvalue weighted by Crippen LogP contribution is 2.26. The first kappa shape index (κ1) is 20.5. The molecule has 8 heteroatoms. The first-order valence-electron chi connectivity index (χ1n) is 10.5. The zero-order valence-electron chi connectivity index (χ0n) is 17.1. The summed E-state index contributed by atoms with van der Waals surface area (Å²) < 4.78 is 10.7. The zero-order valence-corrected chi connectivity index (χ0v) is 17.1. The van der Waals surface area contributed by atoms with Gasteiger partial charge in [-0.3, -0.25) is 19.3 Å². The number of benzene rings is 1. The lowest BCUT2D eigenvalue weighted by Crippen LogP contribution is -2.41. The Balaban J connectivity index is 1.39. The number of hydrogen-bond donors (Lipinski definition) is 0. The topological polar surface area (TPSA) is 93.2 Å². The molecule has 1 aromatic rings. The van der Waals surface area contributed by atoms with Crippen molar-refractivity contribution in [3.05, 3.63) is 34.9 Å². The predicted octanol–water partition coefficient (Wildman–Crippen LogP) is 1.88. The van der Waals surface area contributed by atoms with Crippen molar-refractivity contribution in [2.45, 2.75) is 38.7 Å². The normalized spacial score (nSPS) is 23.6. The highest BCUT2D eigenvalue weighted by atomic mass is 16.5. The van der Waals surface area contributed by atoms with Crippen LogP contribution in [0.15, 0.2) is 18.2 Å². The Morgan fingerprint density at radius 2 is 1.93 bits per heavy atom. The Morgan fingerprint density at radius 1 is 1.13 bits per heavy atom. The lowest BCUT2D eigenvalue weighted by Gasteiger charge is -2.30. The van der Waals surface area contributed by atoms with Crippen LogP contribution in [0.2, 0.25) is 0 Å². The second kappa shape index (κ2) is 8.55. The zero-order chi connectivity index (χ0) is 21.3. The average Bonchev–Trinajstić information content (AvgIpc) is 3.34. The molecule has 30 heavy (non-hydrogen) atoms. The van der Waals surface area contributed by atoms with E-state index in [0.717, 1.165) is 25.7 Å². The summed E-state index contributed by atoms with van der Waals surface area (Å²) >= 11 is 0. The predicted molar refractivity (Wildman–Crippen MR) is 106 cm³/mol. The SMILES string of the molecule is CC1CCCN(C(=O)COC(=O)c2ccc3c(c2)C(=O)N(CC2CCCO2)C3=O)C1. The highest BCUT2D eigenvalue weighted by Gasteiger charge is 2.38. The van der Waals surface area contributed by atoms with Gasteiger partial charge >= 0.3 is 5.97 Å². The lowest BCUT2D eigenvalue weighted by molar-refractivity contribution is -0.136. The number of esters is 1. The third kappa shape index (κ3) is 4.09. The third-order valence-corrected chi connectivity index (χ3v) is 5.95. The number of carbonyl (C=O) groups excluding carboxylic acids is 4. The van der Waals surface area contributed by atoms with E-state index < -0.39 is 11.9 Å². The summed E-state index contributed by atoms with van der Waals surface area (Å²) in [6.07, 6.45) is 3.63. The summed E-state index contributed by atoms with van der Waals surface area (Å²) in [6, 6.07) is 4.30. The Labute approximate surface area is 175 Å². The van der Waals surface area contributed by atoms with Crippen molar-refractivity contribution < 1.29 is 28.7 Å². The van der Waals surface area contributed by atoms with Gasteiger partial charge in [0, 0.05) is 19.7 Å². The number of amides is 3. The summed E-state index contributed by atoms with van der Waals surface area (Å²) in [5.41, 5.74) is 0.602. The van der Waals surface area contributed by atoms with E-state index >= 15 is 0 Å². The molecular weight excluding hydrogens is 388 g/mol. The van der Waals surface area contributed by atoms with E-state index in [1.807, 2.05) is 0 Å². The number of piperidine rings is 1. The molecule has 2 unspecified atom stereocenters. The van der Waals surface area contributed by atoms with Gasteiger partial charge < -0.3 is 14.4 Å². The van der Waals surface area contributed by atoms with Crippen LogP contribution in [0.4, 0.5) is 0 Å². The van der Waals surface area contributed by atoms with Crippen LogP contribution < -0.4 is 0 Å². The van der Waals surface area contributed by atoms with Gasteiger partial charge in [0.15, 0.2) is 6.61 Å². The summed E-state index contributed by atoms with van der Waals surface area (Å²) in [5, 5.41) is 0. The summed E-state index contributed by atoms with van der Waals surface area (Å²) in [5.74, 6) is -1.27. The smallest absolute Gasteiger partial charge is 0.338 e. The molecule has 8 nitrogen and oxygen atoms in total. The molecule has 0 spiro atoms. The van der Waals surface area contributed by atoms with Gasteiger partial charge in [-0.25, -0.2) is 4.79 Å². The highest BCUT2D eigenvalue weighted by molar-refractivity contribution is 6.22. The van der Waals surface area contributed by atoms with Gasteiger partial charge in [0.05, 0.1) is 29.3 Å².